The van der Waals surface area contributed by atoms with Crippen LogP contribution in [0.1, 0.15) is 0 Å². The first kappa shape index (κ1) is 12.6. The Labute approximate surface area is 111 Å². The number of nitrogens with two attached hydrogens (primary N) is 1. The Hall–Kier alpha value is -1.86. The number of nitrogens with zero attached hydrogens (tertiary/aromatic N) is 3. The topological polar surface area (TPSA) is 94.9 Å². The highest BCUT2D eigenvalue weighted by molar-refractivity contribution is 7.99. The van der Waals surface area contributed by atoms with Crippen LogP contribution < -0.4 is 5.73 Å². The fourth-order valence-electron chi connectivity index (χ4n) is 1.26. The fourth-order valence-corrected chi connectivity index (χ4v) is 2.45. The lowest BCUT2D eigenvalue weighted by atomic mass is 10.4. The zero-order chi connectivity index (χ0) is 13.1. The van der Waals surface area contributed by atoms with Crippen molar-refractivity contribution in [3.63, 3.8) is 0 Å². The van der Waals surface area contributed by atoms with E-state index in [4.69, 9.17) is 17.3 Å². The normalized spacial score (nSPS) is 10.3. The van der Waals surface area contributed by atoms with Crippen molar-refractivity contribution < 1.29 is 4.92 Å². The number of aromatic nitrogens is 2. The van der Waals surface area contributed by atoms with E-state index in [2.05, 4.69) is 9.97 Å². The van der Waals surface area contributed by atoms with Crippen molar-refractivity contribution in [1.82, 2.24) is 9.97 Å². The minimum atomic E-state index is -0.595. The third-order valence-electron chi connectivity index (χ3n) is 2.01. The summed E-state index contributed by atoms with van der Waals surface area (Å²) in [4.78, 5) is 18.5. The molecule has 6 nitrogen and oxygen atoms in total. The number of halogens is 1. The van der Waals surface area contributed by atoms with Crippen LogP contribution in [-0.4, -0.2) is 14.9 Å². The maximum atomic E-state index is 10.9. The first-order valence-electron chi connectivity index (χ1n) is 4.76. The van der Waals surface area contributed by atoms with Gasteiger partial charge in [0.05, 0.1) is 4.92 Å². The molecule has 1 aromatic heterocycles. The molecule has 0 unspecified atom stereocenters. The van der Waals surface area contributed by atoms with Crippen LogP contribution in [-0.2, 0) is 0 Å². The summed E-state index contributed by atoms with van der Waals surface area (Å²) in [6.45, 7) is 0. The molecule has 0 bridgehead atoms. The summed E-state index contributed by atoms with van der Waals surface area (Å²) in [7, 11) is 0. The van der Waals surface area contributed by atoms with Crippen LogP contribution in [0.3, 0.4) is 0 Å². The Kier molecular flexibility index (Phi) is 3.63. The van der Waals surface area contributed by atoms with Gasteiger partial charge >= 0.3 is 5.69 Å². The monoisotopic (exact) mass is 282 g/mol. The quantitative estimate of drug-likeness (QED) is 0.528. The van der Waals surface area contributed by atoms with E-state index in [1.165, 1.54) is 6.33 Å². The van der Waals surface area contributed by atoms with Crippen molar-refractivity contribution >= 4 is 34.9 Å². The second-order valence-electron chi connectivity index (χ2n) is 3.23. The highest BCUT2D eigenvalue weighted by Gasteiger charge is 2.21. The molecule has 0 saturated carbocycles. The number of hydrogen-bond acceptors (Lipinski definition) is 6. The number of rotatable bonds is 3. The summed E-state index contributed by atoms with van der Waals surface area (Å²) in [6.07, 6.45) is 1.19. The molecule has 0 aliphatic heterocycles. The number of benzene rings is 1. The van der Waals surface area contributed by atoms with Crippen LogP contribution in [0.25, 0.3) is 0 Å². The van der Waals surface area contributed by atoms with Gasteiger partial charge in [-0.25, -0.2) is 9.97 Å². The lowest BCUT2D eigenvalue weighted by Crippen LogP contribution is -2.01. The SMILES string of the molecule is Nc1ncnc(Sc2cccc(Cl)c2)c1[N+](=O)[O-]. The van der Waals surface area contributed by atoms with Crippen molar-refractivity contribution in [2.24, 2.45) is 0 Å². The molecule has 0 amide bonds. The molecule has 1 aromatic carbocycles. The molecule has 0 fully saturated rings. The van der Waals surface area contributed by atoms with Crippen LogP contribution in [0.5, 0.6) is 0 Å². The molecule has 1 heterocycles. The van der Waals surface area contributed by atoms with Gasteiger partial charge < -0.3 is 5.73 Å². The molecule has 0 spiro atoms. The smallest absolute Gasteiger partial charge is 0.343 e. The van der Waals surface area contributed by atoms with Crippen LogP contribution in [0.2, 0.25) is 5.02 Å². The van der Waals surface area contributed by atoms with E-state index in [1.54, 1.807) is 24.3 Å². The first-order chi connectivity index (χ1) is 8.58. The van der Waals surface area contributed by atoms with Crippen molar-refractivity contribution in [3.05, 3.63) is 45.7 Å². The second kappa shape index (κ2) is 5.19. The molecule has 2 N–H and O–H groups in total. The van der Waals surface area contributed by atoms with Gasteiger partial charge in [-0.05, 0) is 18.2 Å². The molecule has 0 radical (unpaired) electrons. The molecule has 0 atom stereocenters. The summed E-state index contributed by atoms with van der Waals surface area (Å²) in [5.74, 6) is -0.153. The molecule has 18 heavy (non-hydrogen) atoms. The third-order valence-corrected chi connectivity index (χ3v) is 3.23. The largest absolute Gasteiger partial charge is 0.378 e. The van der Waals surface area contributed by atoms with Gasteiger partial charge in [0.25, 0.3) is 0 Å². The molecule has 92 valence electrons. The number of nitro groups is 1. The van der Waals surface area contributed by atoms with Gasteiger partial charge in [-0.3, -0.25) is 10.1 Å². The molecule has 2 rings (SSSR count). The van der Waals surface area contributed by atoms with Gasteiger partial charge in [0.2, 0.25) is 5.82 Å². The minimum absolute atomic E-state index is 0.153. The number of hydrogen-bond donors (Lipinski definition) is 1. The predicted octanol–water partition coefficient (Wildman–Crippen LogP) is 2.77. The molecule has 2 aromatic rings. The van der Waals surface area contributed by atoms with Crippen LogP contribution >= 0.6 is 23.4 Å². The highest BCUT2D eigenvalue weighted by Crippen LogP contribution is 2.35. The Bertz CT molecular complexity index is 608. The second-order valence-corrected chi connectivity index (χ2v) is 4.73. The number of nitrogen functional groups attached to an aromatic ring is 1. The van der Waals surface area contributed by atoms with Crippen molar-refractivity contribution in [1.29, 1.82) is 0 Å². The Balaban J connectivity index is 2.40. The van der Waals surface area contributed by atoms with E-state index in [0.717, 1.165) is 16.7 Å². The van der Waals surface area contributed by atoms with Gasteiger partial charge in [-0.2, -0.15) is 0 Å². The minimum Gasteiger partial charge on any atom is -0.378 e. The molecule has 0 aliphatic carbocycles. The van der Waals surface area contributed by atoms with Gasteiger partial charge in [0.15, 0.2) is 5.03 Å². The van der Waals surface area contributed by atoms with E-state index in [1.807, 2.05) is 0 Å². The molecular formula is C10H7ClN4O2S. The van der Waals surface area contributed by atoms with Crippen LogP contribution in [0.15, 0.2) is 40.5 Å². The van der Waals surface area contributed by atoms with Crippen LogP contribution in [0.4, 0.5) is 11.5 Å². The maximum Gasteiger partial charge on any atom is 0.343 e. The third kappa shape index (κ3) is 2.69. The molecular weight excluding hydrogens is 276 g/mol. The fraction of sp³-hybridized carbons (Fsp3) is 0. The summed E-state index contributed by atoms with van der Waals surface area (Å²) in [6, 6.07) is 6.93. The zero-order valence-electron chi connectivity index (χ0n) is 8.91. The van der Waals surface area contributed by atoms with E-state index in [9.17, 15) is 10.1 Å². The average Bonchev–Trinajstić information content (AvgIpc) is 2.28. The highest BCUT2D eigenvalue weighted by atomic mass is 35.5. The standard InChI is InChI=1S/C10H7ClN4O2S/c11-6-2-1-3-7(4-6)18-10-8(15(16)17)9(12)13-5-14-10/h1-5H,(H2,12,13,14). The lowest BCUT2D eigenvalue weighted by Gasteiger charge is -2.03. The number of anilines is 1. The van der Waals surface area contributed by atoms with Crippen LogP contribution in [0, 0.1) is 10.1 Å². The lowest BCUT2D eigenvalue weighted by molar-refractivity contribution is -0.387. The van der Waals surface area contributed by atoms with Gasteiger partial charge in [-0.1, -0.05) is 29.4 Å². The maximum absolute atomic E-state index is 10.9. The first-order valence-corrected chi connectivity index (χ1v) is 5.95. The Morgan fingerprint density at radius 1 is 1.39 bits per heavy atom. The van der Waals surface area contributed by atoms with Gasteiger partial charge in [0.1, 0.15) is 6.33 Å². The predicted molar refractivity (Wildman–Crippen MR) is 68.7 cm³/mol. The van der Waals surface area contributed by atoms with E-state index in [0.29, 0.717) is 5.02 Å². The summed E-state index contributed by atoms with van der Waals surface area (Å²) in [5.41, 5.74) is 5.18. The molecule has 0 aliphatic rings. The Morgan fingerprint density at radius 2 is 2.17 bits per heavy atom. The van der Waals surface area contributed by atoms with Crippen molar-refractivity contribution in [2.75, 3.05) is 5.73 Å². The average molecular weight is 283 g/mol. The zero-order valence-corrected chi connectivity index (χ0v) is 10.5. The van der Waals surface area contributed by atoms with Crippen molar-refractivity contribution in [3.8, 4) is 0 Å². The van der Waals surface area contributed by atoms with Crippen molar-refractivity contribution in [2.45, 2.75) is 9.92 Å². The molecule has 8 heteroatoms. The van der Waals surface area contributed by atoms with Gasteiger partial charge in [0, 0.05) is 9.92 Å². The van der Waals surface area contributed by atoms with Gasteiger partial charge in [-0.15, -0.1) is 0 Å². The summed E-state index contributed by atoms with van der Waals surface area (Å²) < 4.78 is 0. The summed E-state index contributed by atoms with van der Waals surface area (Å²) in [5, 5.41) is 11.6. The summed E-state index contributed by atoms with van der Waals surface area (Å²) >= 11 is 6.95. The molecule has 0 saturated heterocycles. The Morgan fingerprint density at radius 3 is 2.83 bits per heavy atom. The van der Waals surface area contributed by atoms with E-state index < -0.39 is 4.92 Å². The van der Waals surface area contributed by atoms with E-state index >= 15 is 0 Å². The van der Waals surface area contributed by atoms with E-state index in [-0.39, 0.29) is 16.5 Å².